The molecule has 0 saturated heterocycles. The number of carbonyl (C=O) groups is 1. The summed E-state index contributed by atoms with van der Waals surface area (Å²) in [7, 11) is 0. The molecule has 162 valence electrons. The first-order valence-electron chi connectivity index (χ1n) is 10.5. The summed E-state index contributed by atoms with van der Waals surface area (Å²) in [6, 6.07) is 15.1. The highest BCUT2D eigenvalue weighted by Gasteiger charge is 2.26. The number of hydrogen-bond acceptors (Lipinski definition) is 6. The molecule has 0 spiro atoms. The number of carbonyl (C=O) groups excluding carboxylic acids is 1. The fraction of sp³-hybridized carbons (Fsp3) is 0.348. The molecular weight excluding hydrogens is 394 g/mol. The Kier molecular flexibility index (Phi) is 6.47. The van der Waals surface area contributed by atoms with Crippen LogP contribution in [0.25, 0.3) is 5.69 Å². The third-order valence-corrected chi connectivity index (χ3v) is 5.09. The molecule has 1 aliphatic heterocycles. The first-order valence-corrected chi connectivity index (χ1v) is 10.5. The van der Waals surface area contributed by atoms with E-state index in [0.29, 0.717) is 31.0 Å². The second kappa shape index (κ2) is 9.61. The van der Waals surface area contributed by atoms with Crippen LogP contribution in [0.5, 0.6) is 11.5 Å². The Morgan fingerprint density at radius 3 is 2.84 bits per heavy atom. The van der Waals surface area contributed by atoms with E-state index in [1.54, 1.807) is 6.92 Å². The molecule has 4 rings (SSSR count). The molecule has 0 saturated carbocycles. The number of likely N-dealkylation sites (N-methyl/N-ethyl adjacent to an activating group) is 1. The van der Waals surface area contributed by atoms with Crippen LogP contribution in [-0.4, -0.2) is 53.2 Å². The van der Waals surface area contributed by atoms with Crippen LogP contribution >= 0.6 is 0 Å². The summed E-state index contributed by atoms with van der Waals surface area (Å²) in [6.07, 6.45) is 0.629. The number of aromatic nitrogens is 3. The topological polar surface area (TPSA) is 90.3 Å². The van der Waals surface area contributed by atoms with Gasteiger partial charge in [-0.25, -0.2) is 0 Å². The molecule has 2 heterocycles. The van der Waals surface area contributed by atoms with E-state index < -0.39 is 0 Å². The average molecular weight is 422 g/mol. The molecule has 1 amide bonds. The second-order valence-corrected chi connectivity index (χ2v) is 7.38. The molecule has 1 atom stereocenters. The lowest BCUT2D eigenvalue weighted by atomic mass is 10.0. The van der Waals surface area contributed by atoms with Crippen molar-refractivity contribution in [3.63, 3.8) is 0 Å². The van der Waals surface area contributed by atoms with Gasteiger partial charge in [0.15, 0.2) is 5.69 Å². The summed E-state index contributed by atoms with van der Waals surface area (Å²) >= 11 is 0. The Bertz CT molecular complexity index is 1030. The monoisotopic (exact) mass is 421 g/mol. The van der Waals surface area contributed by atoms with E-state index in [9.17, 15) is 4.79 Å². The largest absolute Gasteiger partial charge is 0.492 e. The van der Waals surface area contributed by atoms with Gasteiger partial charge < -0.3 is 20.1 Å². The highest BCUT2D eigenvalue weighted by atomic mass is 16.5. The van der Waals surface area contributed by atoms with Crippen LogP contribution in [0.2, 0.25) is 0 Å². The van der Waals surface area contributed by atoms with Crippen LogP contribution in [0.15, 0.2) is 48.5 Å². The van der Waals surface area contributed by atoms with Gasteiger partial charge in [-0.15, -0.1) is 5.10 Å². The number of aryl methyl sites for hydroxylation is 1. The van der Waals surface area contributed by atoms with Crippen molar-refractivity contribution in [1.82, 2.24) is 25.6 Å². The Labute approximate surface area is 181 Å². The van der Waals surface area contributed by atoms with E-state index in [1.165, 1.54) is 4.80 Å². The Morgan fingerprint density at radius 2 is 2.03 bits per heavy atom. The number of hydrogen-bond donors (Lipinski definition) is 2. The zero-order valence-corrected chi connectivity index (χ0v) is 17.8. The maximum atomic E-state index is 12.9. The minimum Gasteiger partial charge on any atom is -0.492 e. The number of nitrogens with zero attached hydrogens (tertiary/aromatic N) is 3. The fourth-order valence-corrected chi connectivity index (χ4v) is 3.53. The summed E-state index contributed by atoms with van der Waals surface area (Å²) < 4.78 is 11.8. The maximum absolute atomic E-state index is 12.9. The van der Waals surface area contributed by atoms with Gasteiger partial charge in [0.2, 0.25) is 0 Å². The van der Waals surface area contributed by atoms with Crippen LogP contribution in [0.4, 0.5) is 0 Å². The smallest absolute Gasteiger partial charge is 0.274 e. The molecule has 0 aliphatic carbocycles. The van der Waals surface area contributed by atoms with Gasteiger partial charge in [0.1, 0.15) is 24.7 Å². The van der Waals surface area contributed by atoms with Gasteiger partial charge in [0.05, 0.1) is 17.4 Å². The molecule has 2 N–H and O–H groups in total. The van der Waals surface area contributed by atoms with Crippen molar-refractivity contribution in [1.29, 1.82) is 0 Å². The van der Waals surface area contributed by atoms with E-state index >= 15 is 0 Å². The summed E-state index contributed by atoms with van der Waals surface area (Å²) in [5.74, 6) is 1.33. The molecular formula is C23H27N5O3. The first-order chi connectivity index (χ1) is 15.2. The summed E-state index contributed by atoms with van der Waals surface area (Å²) in [5.41, 5.74) is 2.66. The van der Waals surface area contributed by atoms with Crippen LogP contribution < -0.4 is 20.1 Å². The van der Waals surface area contributed by atoms with Crippen molar-refractivity contribution < 1.29 is 14.3 Å². The number of fused-ring (bicyclic) bond motifs is 1. The molecule has 31 heavy (non-hydrogen) atoms. The van der Waals surface area contributed by atoms with E-state index in [-0.39, 0.29) is 11.9 Å². The predicted molar refractivity (Wildman–Crippen MR) is 117 cm³/mol. The van der Waals surface area contributed by atoms with Crippen molar-refractivity contribution >= 4 is 5.91 Å². The number of amides is 1. The van der Waals surface area contributed by atoms with Gasteiger partial charge in [-0.05, 0) is 37.7 Å². The third kappa shape index (κ3) is 4.86. The van der Waals surface area contributed by atoms with Crippen LogP contribution in [0.1, 0.15) is 28.7 Å². The molecule has 8 heteroatoms. The highest BCUT2D eigenvalue weighted by Crippen LogP contribution is 2.32. The molecule has 2 aromatic carbocycles. The van der Waals surface area contributed by atoms with Crippen molar-refractivity contribution in [3.8, 4) is 17.2 Å². The molecule has 1 aromatic heterocycles. The van der Waals surface area contributed by atoms with Crippen molar-refractivity contribution in [3.05, 3.63) is 65.5 Å². The molecule has 0 radical (unpaired) electrons. The van der Waals surface area contributed by atoms with Crippen LogP contribution in [0, 0.1) is 6.92 Å². The quantitative estimate of drug-likeness (QED) is 0.543. The Balaban J connectivity index is 1.44. The van der Waals surface area contributed by atoms with Crippen LogP contribution in [0.3, 0.4) is 0 Å². The summed E-state index contributed by atoms with van der Waals surface area (Å²) in [6.45, 7) is 6.49. The Hall–Kier alpha value is -3.39. The normalized spacial score (nSPS) is 15.1. The predicted octanol–water partition coefficient (Wildman–Crippen LogP) is 2.30. The van der Waals surface area contributed by atoms with Gasteiger partial charge >= 0.3 is 0 Å². The van der Waals surface area contributed by atoms with Gasteiger partial charge in [-0.1, -0.05) is 31.2 Å². The summed E-state index contributed by atoms with van der Waals surface area (Å²) in [5, 5.41) is 15.0. The van der Waals surface area contributed by atoms with Gasteiger partial charge in [0.25, 0.3) is 5.91 Å². The number of rotatable bonds is 8. The van der Waals surface area contributed by atoms with E-state index in [2.05, 4.69) is 27.8 Å². The van der Waals surface area contributed by atoms with Crippen molar-refractivity contribution in [2.45, 2.75) is 26.3 Å². The zero-order chi connectivity index (χ0) is 21.6. The Morgan fingerprint density at radius 1 is 1.19 bits per heavy atom. The molecule has 0 fully saturated rings. The first kappa shape index (κ1) is 20.9. The van der Waals surface area contributed by atoms with Gasteiger partial charge in [-0.2, -0.15) is 9.90 Å². The minimum absolute atomic E-state index is 0.181. The number of benzene rings is 2. The lowest BCUT2D eigenvalue weighted by Gasteiger charge is -2.27. The highest BCUT2D eigenvalue weighted by molar-refractivity contribution is 5.93. The van der Waals surface area contributed by atoms with E-state index in [0.717, 1.165) is 35.8 Å². The van der Waals surface area contributed by atoms with E-state index in [1.807, 2.05) is 48.5 Å². The minimum atomic E-state index is -0.262. The summed E-state index contributed by atoms with van der Waals surface area (Å²) in [4.78, 5) is 14.4. The average Bonchev–Trinajstić information content (AvgIpc) is 3.19. The standard InChI is InChI=1S/C23H27N5O3/c1-3-24-12-13-30-20-10-7-11-21-19(20)14-17(15-31-21)25-23(29)22-16(2)26-28(27-22)18-8-5-4-6-9-18/h4-11,17,24H,3,12-15H2,1-2H3,(H,25,29)/t17-/m0/s1. The van der Waals surface area contributed by atoms with Gasteiger partial charge in [0, 0.05) is 18.5 Å². The molecule has 0 bridgehead atoms. The zero-order valence-electron chi connectivity index (χ0n) is 17.8. The number of ether oxygens (including phenoxy) is 2. The molecule has 1 aliphatic rings. The van der Waals surface area contributed by atoms with E-state index in [4.69, 9.17) is 9.47 Å². The van der Waals surface area contributed by atoms with Crippen molar-refractivity contribution in [2.75, 3.05) is 26.3 Å². The second-order valence-electron chi connectivity index (χ2n) is 7.38. The van der Waals surface area contributed by atoms with Crippen molar-refractivity contribution in [2.24, 2.45) is 0 Å². The third-order valence-electron chi connectivity index (χ3n) is 5.09. The number of nitrogens with one attached hydrogen (secondary N) is 2. The maximum Gasteiger partial charge on any atom is 0.274 e. The molecule has 3 aromatic rings. The SMILES string of the molecule is CCNCCOc1cccc2c1C[C@H](NC(=O)c1nn(-c3ccccc3)nc1C)CO2. The van der Waals surface area contributed by atoms with Crippen LogP contribution in [-0.2, 0) is 6.42 Å². The fourth-order valence-electron chi connectivity index (χ4n) is 3.53. The lowest BCUT2D eigenvalue weighted by Crippen LogP contribution is -2.43. The molecule has 0 unspecified atom stereocenters. The number of para-hydroxylation sites is 1. The molecule has 8 nitrogen and oxygen atoms in total. The van der Waals surface area contributed by atoms with Gasteiger partial charge in [-0.3, -0.25) is 4.79 Å². The lowest BCUT2D eigenvalue weighted by molar-refractivity contribution is 0.0908.